The molecule has 0 atom stereocenters. The Morgan fingerprint density at radius 2 is 1.85 bits per heavy atom. The molecule has 0 heterocycles. The predicted octanol–water partition coefficient (Wildman–Crippen LogP) is 3.17. The second kappa shape index (κ2) is 8.15. The molecule has 112 valence electrons. The summed E-state index contributed by atoms with van der Waals surface area (Å²) in [4.78, 5) is 11.7. The van der Waals surface area contributed by atoms with Gasteiger partial charge in [0.1, 0.15) is 0 Å². The van der Waals surface area contributed by atoms with Crippen LogP contribution in [0.4, 0.5) is 0 Å². The number of carbonyl (C=O) groups excluding carboxylic acids is 1. The Kier molecular flexibility index (Phi) is 6.85. The van der Waals surface area contributed by atoms with Crippen molar-refractivity contribution in [3.8, 4) is 11.5 Å². The maximum Gasteiger partial charge on any atom is 0.220 e. The Balaban J connectivity index is 2.66. The van der Waals surface area contributed by atoms with E-state index < -0.39 is 0 Å². The number of carbonyl (C=O) groups is 1. The molecule has 1 aromatic carbocycles. The zero-order valence-corrected chi connectivity index (χ0v) is 14.0. The number of ether oxygens (including phenoxy) is 2. The van der Waals surface area contributed by atoms with Gasteiger partial charge in [0.15, 0.2) is 11.5 Å². The van der Waals surface area contributed by atoms with E-state index in [2.05, 4.69) is 35.1 Å². The third-order valence-electron chi connectivity index (χ3n) is 2.88. The van der Waals surface area contributed by atoms with Crippen LogP contribution in [0, 0.1) is 5.92 Å². The highest BCUT2D eigenvalue weighted by molar-refractivity contribution is 9.10. The molecular formula is C15H22BrNO3. The zero-order chi connectivity index (χ0) is 15.1. The molecule has 0 spiro atoms. The van der Waals surface area contributed by atoms with Crippen molar-refractivity contribution in [2.24, 2.45) is 5.92 Å². The summed E-state index contributed by atoms with van der Waals surface area (Å²) in [5.41, 5.74) is 1.03. The lowest BCUT2D eigenvalue weighted by molar-refractivity contribution is -0.121. The van der Waals surface area contributed by atoms with Gasteiger partial charge >= 0.3 is 0 Å². The quantitative estimate of drug-likeness (QED) is 0.827. The van der Waals surface area contributed by atoms with E-state index in [0.29, 0.717) is 36.8 Å². The SMILES string of the molecule is COc1cc(Br)c(CCC(=O)NCC(C)C)cc1OC. The van der Waals surface area contributed by atoms with Gasteiger partial charge in [-0.3, -0.25) is 4.79 Å². The standard InChI is InChI=1S/C15H22BrNO3/c1-10(2)9-17-15(18)6-5-11-7-13(19-3)14(20-4)8-12(11)16/h7-8,10H,5-6,9H2,1-4H3,(H,17,18). The third-order valence-corrected chi connectivity index (χ3v) is 3.62. The van der Waals surface area contributed by atoms with Crippen molar-refractivity contribution in [1.82, 2.24) is 5.32 Å². The van der Waals surface area contributed by atoms with Gasteiger partial charge in [0.05, 0.1) is 14.2 Å². The fourth-order valence-corrected chi connectivity index (χ4v) is 2.26. The first kappa shape index (κ1) is 16.8. The molecule has 1 amide bonds. The van der Waals surface area contributed by atoms with E-state index in [-0.39, 0.29) is 5.91 Å². The molecule has 0 aromatic heterocycles. The lowest BCUT2D eigenvalue weighted by Gasteiger charge is -2.12. The number of halogens is 1. The predicted molar refractivity (Wildman–Crippen MR) is 83.4 cm³/mol. The Hall–Kier alpha value is -1.23. The summed E-state index contributed by atoms with van der Waals surface area (Å²) in [7, 11) is 3.20. The van der Waals surface area contributed by atoms with Crippen LogP contribution in [0.15, 0.2) is 16.6 Å². The van der Waals surface area contributed by atoms with Crippen molar-refractivity contribution in [3.05, 3.63) is 22.2 Å². The van der Waals surface area contributed by atoms with Gasteiger partial charge in [-0.05, 0) is 30.0 Å². The smallest absolute Gasteiger partial charge is 0.220 e. The zero-order valence-electron chi connectivity index (χ0n) is 12.5. The Bertz CT molecular complexity index is 461. The summed E-state index contributed by atoms with van der Waals surface area (Å²) in [5, 5.41) is 2.91. The number of amides is 1. The third kappa shape index (κ3) is 5.04. The van der Waals surface area contributed by atoms with Crippen molar-refractivity contribution >= 4 is 21.8 Å². The number of benzene rings is 1. The monoisotopic (exact) mass is 343 g/mol. The van der Waals surface area contributed by atoms with Crippen LogP contribution in [0.3, 0.4) is 0 Å². The molecule has 1 N–H and O–H groups in total. The van der Waals surface area contributed by atoms with Gasteiger partial charge in [-0.2, -0.15) is 0 Å². The second-order valence-corrected chi connectivity index (χ2v) is 5.85. The van der Waals surface area contributed by atoms with E-state index in [1.807, 2.05) is 12.1 Å². The molecular weight excluding hydrogens is 322 g/mol. The molecule has 1 aromatic rings. The summed E-state index contributed by atoms with van der Waals surface area (Å²) in [6.07, 6.45) is 1.12. The van der Waals surface area contributed by atoms with Gasteiger partial charge in [-0.15, -0.1) is 0 Å². The van der Waals surface area contributed by atoms with E-state index in [9.17, 15) is 4.79 Å². The van der Waals surface area contributed by atoms with Crippen molar-refractivity contribution in [3.63, 3.8) is 0 Å². The molecule has 1 rings (SSSR count). The molecule has 0 aliphatic rings. The lowest BCUT2D eigenvalue weighted by Crippen LogP contribution is -2.27. The molecule has 20 heavy (non-hydrogen) atoms. The largest absolute Gasteiger partial charge is 0.493 e. The second-order valence-electron chi connectivity index (χ2n) is 5.00. The lowest BCUT2D eigenvalue weighted by atomic mass is 10.1. The van der Waals surface area contributed by atoms with E-state index in [1.165, 1.54) is 0 Å². The van der Waals surface area contributed by atoms with Crippen molar-refractivity contribution < 1.29 is 14.3 Å². The number of nitrogens with one attached hydrogen (secondary N) is 1. The number of hydrogen-bond acceptors (Lipinski definition) is 3. The van der Waals surface area contributed by atoms with Gasteiger partial charge in [-0.1, -0.05) is 29.8 Å². The number of methoxy groups -OCH3 is 2. The van der Waals surface area contributed by atoms with E-state index >= 15 is 0 Å². The number of aryl methyl sites for hydroxylation is 1. The van der Waals surface area contributed by atoms with Gasteiger partial charge in [0, 0.05) is 17.4 Å². The van der Waals surface area contributed by atoms with Gasteiger partial charge in [0.25, 0.3) is 0 Å². The molecule has 0 radical (unpaired) electrons. The van der Waals surface area contributed by atoms with Crippen LogP contribution >= 0.6 is 15.9 Å². The Labute approximate surface area is 129 Å². The van der Waals surface area contributed by atoms with Crippen LogP contribution in [0.1, 0.15) is 25.8 Å². The highest BCUT2D eigenvalue weighted by Gasteiger charge is 2.11. The topological polar surface area (TPSA) is 47.6 Å². The minimum atomic E-state index is 0.0698. The maximum atomic E-state index is 11.7. The molecule has 0 aliphatic heterocycles. The fourth-order valence-electron chi connectivity index (χ4n) is 1.74. The van der Waals surface area contributed by atoms with Gasteiger partial charge < -0.3 is 14.8 Å². The summed E-state index contributed by atoms with van der Waals surface area (Å²) in [6.45, 7) is 4.86. The van der Waals surface area contributed by atoms with Crippen molar-refractivity contribution in [1.29, 1.82) is 0 Å². The molecule has 0 fully saturated rings. The van der Waals surface area contributed by atoms with Gasteiger partial charge in [-0.25, -0.2) is 0 Å². The fraction of sp³-hybridized carbons (Fsp3) is 0.533. The molecule has 5 heteroatoms. The molecule has 0 saturated carbocycles. The normalized spacial score (nSPS) is 10.5. The van der Waals surface area contributed by atoms with E-state index in [0.717, 1.165) is 10.0 Å². The summed E-state index contributed by atoms with van der Waals surface area (Å²) < 4.78 is 11.4. The highest BCUT2D eigenvalue weighted by Crippen LogP contribution is 2.33. The first-order valence-corrected chi connectivity index (χ1v) is 7.44. The Morgan fingerprint density at radius 1 is 1.25 bits per heavy atom. The van der Waals surface area contributed by atoms with Crippen LogP contribution in [-0.2, 0) is 11.2 Å². The maximum absolute atomic E-state index is 11.7. The minimum absolute atomic E-state index is 0.0698. The summed E-state index contributed by atoms with van der Waals surface area (Å²) in [5.74, 6) is 1.88. The Morgan fingerprint density at radius 3 is 2.40 bits per heavy atom. The van der Waals surface area contributed by atoms with Gasteiger partial charge in [0.2, 0.25) is 5.91 Å². The van der Waals surface area contributed by atoms with Crippen LogP contribution in [0.2, 0.25) is 0 Å². The van der Waals surface area contributed by atoms with Crippen LogP contribution in [-0.4, -0.2) is 26.7 Å². The number of hydrogen-bond donors (Lipinski definition) is 1. The highest BCUT2D eigenvalue weighted by atomic mass is 79.9. The first-order valence-electron chi connectivity index (χ1n) is 6.65. The summed E-state index contributed by atoms with van der Waals surface area (Å²) in [6, 6.07) is 3.76. The van der Waals surface area contributed by atoms with E-state index in [1.54, 1.807) is 14.2 Å². The average Bonchev–Trinajstić information content (AvgIpc) is 2.43. The molecule has 0 bridgehead atoms. The van der Waals surface area contributed by atoms with Crippen LogP contribution in [0.25, 0.3) is 0 Å². The number of rotatable bonds is 7. The van der Waals surface area contributed by atoms with Crippen molar-refractivity contribution in [2.45, 2.75) is 26.7 Å². The van der Waals surface area contributed by atoms with Crippen LogP contribution in [0.5, 0.6) is 11.5 Å². The minimum Gasteiger partial charge on any atom is -0.493 e. The average molecular weight is 344 g/mol. The van der Waals surface area contributed by atoms with E-state index in [4.69, 9.17) is 9.47 Å². The summed E-state index contributed by atoms with van der Waals surface area (Å²) >= 11 is 3.50. The molecule has 0 saturated heterocycles. The molecule has 0 unspecified atom stereocenters. The van der Waals surface area contributed by atoms with Crippen molar-refractivity contribution in [2.75, 3.05) is 20.8 Å². The first-order chi connectivity index (χ1) is 9.47. The molecule has 4 nitrogen and oxygen atoms in total. The molecule has 0 aliphatic carbocycles. The van der Waals surface area contributed by atoms with Crippen LogP contribution < -0.4 is 14.8 Å².